The molecule has 1 aromatic rings. The largest absolute Gasteiger partial charge is 0.341 e. The van der Waals surface area contributed by atoms with Crippen molar-refractivity contribution in [1.82, 2.24) is 10.2 Å². The molecule has 0 spiro atoms. The van der Waals surface area contributed by atoms with Crippen LogP contribution in [0.5, 0.6) is 0 Å². The van der Waals surface area contributed by atoms with E-state index in [4.69, 9.17) is 0 Å². The summed E-state index contributed by atoms with van der Waals surface area (Å²) in [5.74, 6) is 0.208. The molecule has 0 unspecified atom stereocenters. The van der Waals surface area contributed by atoms with Crippen molar-refractivity contribution in [2.24, 2.45) is 0 Å². The molecular formula is C16H22N2O. The lowest BCUT2D eigenvalue weighted by Crippen LogP contribution is -2.51. The van der Waals surface area contributed by atoms with E-state index in [-0.39, 0.29) is 11.3 Å². The quantitative estimate of drug-likeness (QED) is 0.837. The van der Waals surface area contributed by atoms with Crippen molar-refractivity contribution in [2.45, 2.75) is 18.3 Å². The number of likely N-dealkylation sites (N-methyl/N-ethyl adjacent to an activating group) is 1. The van der Waals surface area contributed by atoms with Crippen molar-refractivity contribution >= 4 is 5.91 Å². The SMILES string of the molecule is C=CCN(C)C(=O)C1(c2ccccc2)CCNCC1. The number of carbonyl (C=O) groups excluding carboxylic acids is 1. The van der Waals surface area contributed by atoms with Crippen molar-refractivity contribution in [3.63, 3.8) is 0 Å². The first-order valence-electron chi connectivity index (χ1n) is 6.83. The molecule has 19 heavy (non-hydrogen) atoms. The predicted molar refractivity (Wildman–Crippen MR) is 78.1 cm³/mol. The minimum absolute atomic E-state index is 0.208. The number of carbonyl (C=O) groups is 1. The zero-order valence-electron chi connectivity index (χ0n) is 11.6. The first kappa shape index (κ1) is 13.8. The minimum atomic E-state index is -0.371. The van der Waals surface area contributed by atoms with Crippen LogP contribution in [0.4, 0.5) is 0 Å². The normalized spacial score (nSPS) is 17.7. The van der Waals surface area contributed by atoms with E-state index in [1.807, 2.05) is 25.2 Å². The summed E-state index contributed by atoms with van der Waals surface area (Å²) in [7, 11) is 1.86. The molecule has 0 atom stereocenters. The molecule has 0 radical (unpaired) electrons. The lowest BCUT2D eigenvalue weighted by atomic mass is 9.72. The third-order valence-corrected chi connectivity index (χ3v) is 3.94. The first-order chi connectivity index (χ1) is 9.20. The molecule has 1 N–H and O–H groups in total. The summed E-state index contributed by atoms with van der Waals surface area (Å²) in [5, 5.41) is 3.34. The summed E-state index contributed by atoms with van der Waals surface area (Å²) in [6.07, 6.45) is 3.49. The molecule has 102 valence electrons. The van der Waals surface area contributed by atoms with E-state index in [1.165, 1.54) is 0 Å². The maximum absolute atomic E-state index is 12.9. The molecule has 0 bridgehead atoms. The van der Waals surface area contributed by atoms with Gasteiger partial charge in [0.15, 0.2) is 0 Å². The number of nitrogens with zero attached hydrogens (tertiary/aromatic N) is 1. The number of benzene rings is 1. The van der Waals surface area contributed by atoms with Gasteiger partial charge in [0, 0.05) is 13.6 Å². The average molecular weight is 258 g/mol. The van der Waals surface area contributed by atoms with Gasteiger partial charge in [0.1, 0.15) is 0 Å². The smallest absolute Gasteiger partial charge is 0.233 e. The minimum Gasteiger partial charge on any atom is -0.341 e. The molecule has 0 saturated carbocycles. The second kappa shape index (κ2) is 6.02. The van der Waals surface area contributed by atoms with Crippen LogP contribution in [0.15, 0.2) is 43.0 Å². The Morgan fingerprint density at radius 1 is 1.37 bits per heavy atom. The third kappa shape index (κ3) is 2.71. The third-order valence-electron chi connectivity index (χ3n) is 3.94. The van der Waals surface area contributed by atoms with Gasteiger partial charge in [-0.2, -0.15) is 0 Å². The van der Waals surface area contributed by atoms with E-state index in [2.05, 4.69) is 24.0 Å². The van der Waals surface area contributed by atoms with E-state index in [9.17, 15) is 4.79 Å². The van der Waals surface area contributed by atoms with Crippen LogP contribution in [0.1, 0.15) is 18.4 Å². The zero-order valence-corrected chi connectivity index (χ0v) is 11.6. The van der Waals surface area contributed by atoms with Crippen LogP contribution in [0.3, 0.4) is 0 Å². The monoisotopic (exact) mass is 258 g/mol. The Bertz CT molecular complexity index is 435. The second-order valence-corrected chi connectivity index (χ2v) is 5.17. The highest BCUT2D eigenvalue weighted by atomic mass is 16.2. The fourth-order valence-electron chi connectivity index (χ4n) is 2.88. The lowest BCUT2D eigenvalue weighted by Gasteiger charge is -2.39. The van der Waals surface area contributed by atoms with Gasteiger partial charge in [0.2, 0.25) is 5.91 Å². The molecule has 2 rings (SSSR count). The van der Waals surface area contributed by atoms with Gasteiger partial charge in [-0.25, -0.2) is 0 Å². The Kier molecular flexibility index (Phi) is 4.38. The Morgan fingerprint density at radius 2 is 2.00 bits per heavy atom. The van der Waals surface area contributed by atoms with Gasteiger partial charge < -0.3 is 10.2 Å². The van der Waals surface area contributed by atoms with Crippen LogP contribution in [-0.4, -0.2) is 37.5 Å². The van der Waals surface area contributed by atoms with Crippen molar-refractivity contribution < 1.29 is 4.79 Å². The Labute approximate surface area is 115 Å². The number of amides is 1. The summed E-state index contributed by atoms with van der Waals surface area (Å²) < 4.78 is 0. The standard InChI is InChI=1S/C16H22N2O/c1-3-13-18(2)15(19)16(9-11-17-12-10-16)14-7-5-4-6-8-14/h3-8,17H,1,9-13H2,2H3. The molecule has 3 heteroatoms. The summed E-state index contributed by atoms with van der Waals surface area (Å²) in [6.45, 7) is 6.10. The van der Waals surface area contributed by atoms with Gasteiger partial charge in [-0.05, 0) is 31.5 Å². The zero-order chi connectivity index (χ0) is 13.7. The van der Waals surface area contributed by atoms with Gasteiger partial charge in [-0.1, -0.05) is 36.4 Å². The summed E-state index contributed by atoms with van der Waals surface area (Å²) in [4.78, 5) is 14.6. The topological polar surface area (TPSA) is 32.3 Å². The van der Waals surface area contributed by atoms with Crippen LogP contribution in [-0.2, 0) is 10.2 Å². The lowest BCUT2D eigenvalue weighted by molar-refractivity contribution is -0.136. The van der Waals surface area contributed by atoms with E-state index >= 15 is 0 Å². The Balaban J connectivity index is 2.35. The molecule has 1 aromatic carbocycles. The summed E-state index contributed by atoms with van der Waals surface area (Å²) >= 11 is 0. The first-order valence-corrected chi connectivity index (χ1v) is 6.83. The van der Waals surface area contributed by atoms with Crippen molar-refractivity contribution in [3.05, 3.63) is 48.6 Å². The maximum Gasteiger partial charge on any atom is 0.233 e. The molecule has 1 saturated heterocycles. The Morgan fingerprint density at radius 3 is 2.58 bits per heavy atom. The van der Waals surface area contributed by atoms with Gasteiger partial charge in [-0.15, -0.1) is 6.58 Å². The highest BCUT2D eigenvalue weighted by Gasteiger charge is 2.42. The maximum atomic E-state index is 12.9. The van der Waals surface area contributed by atoms with E-state index in [0.29, 0.717) is 6.54 Å². The number of hydrogen-bond donors (Lipinski definition) is 1. The van der Waals surface area contributed by atoms with Gasteiger partial charge in [-0.3, -0.25) is 4.79 Å². The predicted octanol–water partition coefficient (Wildman–Crippen LogP) is 1.95. The van der Waals surface area contributed by atoms with Crippen molar-refractivity contribution in [2.75, 3.05) is 26.7 Å². The fraction of sp³-hybridized carbons (Fsp3) is 0.438. The highest BCUT2D eigenvalue weighted by Crippen LogP contribution is 2.35. The molecule has 0 aromatic heterocycles. The van der Waals surface area contributed by atoms with Crippen LogP contribution in [0, 0.1) is 0 Å². The molecule has 0 aliphatic carbocycles. The van der Waals surface area contributed by atoms with Crippen LogP contribution in [0.25, 0.3) is 0 Å². The molecule has 1 heterocycles. The highest BCUT2D eigenvalue weighted by molar-refractivity contribution is 5.88. The van der Waals surface area contributed by atoms with E-state index in [0.717, 1.165) is 31.5 Å². The number of rotatable bonds is 4. The summed E-state index contributed by atoms with van der Waals surface area (Å²) in [5.41, 5.74) is 0.766. The van der Waals surface area contributed by atoms with Crippen LogP contribution >= 0.6 is 0 Å². The second-order valence-electron chi connectivity index (χ2n) is 5.17. The van der Waals surface area contributed by atoms with Gasteiger partial charge >= 0.3 is 0 Å². The van der Waals surface area contributed by atoms with Crippen molar-refractivity contribution in [1.29, 1.82) is 0 Å². The van der Waals surface area contributed by atoms with Crippen LogP contribution in [0.2, 0.25) is 0 Å². The fourth-order valence-corrected chi connectivity index (χ4v) is 2.88. The average Bonchev–Trinajstić information content (AvgIpc) is 2.48. The molecule has 1 aliphatic rings. The molecule has 3 nitrogen and oxygen atoms in total. The number of piperidine rings is 1. The number of nitrogens with one attached hydrogen (secondary N) is 1. The van der Waals surface area contributed by atoms with Gasteiger partial charge in [0.05, 0.1) is 5.41 Å². The number of hydrogen-bond acceptors (Lipinski definition) is 2. The summed E-state index contributed by atoms with van der Waals surface area (Å²) in [6, 6.07) is 10.2. The molecule has 1 aliphatic heterocycles. The Hall–Kier alpha value is -1.61. The van der Waals surface area contributed by atoms with Crippen LogP contribution < -0.4 is 5.32 Å². The van der Waals surface area contributed by atoms with E-state index < -0.39 is 0 Å². The van der Waals surface area contributed by atoms with E-state index in [1.54, 1.807) is 11.0 Å². The molecule has 1 fully saturated rings. The molecule has 1 amide bonds. The van der Waals surface area contributed by atoms with Gasteiger partial charge in [0.25, 0.3) is 0 Å². The molecular weight excluding hydrogens is 236 g/mol. The van der Waals surface area contributed by atoms with Crippen molar-refractivity contribution in [3.8, 4) is 0 Å².